The van der Waals surface area contributed by atoms with E-state index in [2.05, 4.69) is 39.8 Å². The minimum atomic E-state index is -0.201. The maximum Gasteiger partial charge on any atom is 0.258 e. The zero-order valence-corrected chi connectivity index (χ0v) is 23.1. The van der Waals surface area contributed by atoms with Crippen molar-refractivity contribution in [1.82, 2.24) is 9.80 Å². The molecule has 0 aromatic heterocycles. The maximum absolute atomic E-state index is 13.4. The summed E-state index contributed by atoms with van der Waals surface area (Å²) in [6, 6.07) is 33.6. The van der Waals surface area contributed by atoms with E-state index in [1.807, 2.05) is 93.9 Å². The number of nitrogens with zero attached hydrogens (tertiary/aromatic N) is 2. The Bertz CT molecular complexity index is 1530. The SMILES string of the molecule is CN(C)Cc1ccc(NC(=C2C(=O)Nc3ccc(C(=O)N(C)CCc4ccccc4)cc32)c2ccccc2)cc1. The lowest BCUT2D eigenvalue weighted by atomic mass is 9.98. The number of carbonyl (C=O) groups excluding carboxylic acids is 2. The maximum atomic E-state index is 13.4. The Labute approximate surface area is 235 Å². The Morgan fingerprint density at radius 2 is 1.45 bits per heavy atom. The van der Waals surface area contributed by atoms with Gasteiger partial charge in [-0.3, -0.25) is 9.59 Å². The molecule has 1 aliphatic rings. The average Bonchev–Trinajstić information content (AvgIpc) is 3.30. The van der Waals surface area contributed by atoms with Crippen LogP contribution in [0.5, 0.6) is 0 Å². The van der Waals surface area contributed by atoms with Crippen LogP contribution >= 0.6 is 0 Å². The van der Waals surface area contributed by atoms with Gasteiger partial charge in [0.25, 0.3) is 11.8 Å². The third kappa shape index (κ3) is 6.14. The summed E-state index contributed by atoms with van der Waals surface area (Å²) in [6.07, 6.45) is 0.772. The summed E-state index contributed by atoms with van der Waals surface area (Å²) in [5, 5.41) is 6.50. The third-order valence-corrected chi connectivity index (χ3v) is 6.97. The van der Waals surface area contributed by atoms with E-state index in [9.17, 15) is 9.59 Å². The molecule has 4 aromatic carbocycles. The standard InChI is InChI=1S/C34H34N4O2/c1-37(2)23-25-14-17-28(18-15-25)35-32(26-12-8-5-9-13-26)31-29-22-27(16-19-30(29)36-33(31)39)34(40)38(3)21-20-24-10-6-4-7-11-24/h4-19,22,35H,20-21,23H2,1-3H3,(H,36,39). The van der Waals surface area contributed by atoms with Crippen molar-refractivity contribution in [2.24, 2.45) is 0 Å². The number of anilines is 2. The molecule has 0 spiro atoms. The first-order chi connectivity index (χ1) is 19.4. The number of likely N-dealkylation sites (N-methyl/N-ethyl adjacent to an activating group) is 1. The first-order valence-corrected chi connectivity index (χ1v) is 13.4. The molecule has 0 saturated carbocycles. The number of hydrogen-bond donors (Lipinski definition) is 2. The van der Waals surface area contributed by atoms with Crippen LogP contribution < -0.4 is 10.6 Å². The highest BCUT2D eigenvalue weighted by Crippen LogP contribution is 2.38. The molecular weight excluding hydrogens is 496 g/mol. The monoisotopic (exact) mass is 530 g/mol. The Balaban J connectivity index is 1.47. The molecule has 6 nitrogen and oxygen atoms in total. The quantitative estimate of drug-likeness (QED) is 0.261. The number of benzene rings is 4. The number of carbonyl (C=O) groups is 2. The molecule has 1 aliphatic heterocycles. The van der Waals surface area contributed by atoms with Crippen LogP contribution in [0.2, 0.25) is 0 Å². The van der Waals surface area contributed by atoms with Crippen molar-refractivity contribution in [3.05, 3.63) is 131 Å². The molecule has 4 aromatic rings. The first kappa shape index (κ1) is 26.9. The van der Waals surface area contributed by atoms with Crippen molar-refractivity contribution in [2.45, 2.75) is 13.0 Å². The Morgan fingerprint density at radius 3 is 2.12 bits per heavy atom. The summed E-state index contributed by atoms with van der Waals surface area (Å²) in [5.41, 5.74) is 7.31. The lowest BCUT2D eigenvalue weighted by Crippen LogP contribution is -2.28. The normalized spacial score (nSPS) is 13.6. The molecule has 2 N–H and O–H groups in total. The van der Waals surface area contributed by atoms with Crippen molar-refractivity contribution in [3.8, 4) is 0 Å². The summed E-state index contributed by atoms with van der Waals surface area (Å²) in [5.74, 6) is -0.282. The summed E-state index contributed by atoms with van der Waals surface area (Å²) >= 11 is 0. The van der Waals surface area contributed by atoms with Crippen molar-refractivity contribution in [3.63, 3.8) is 0 Å². The molecule has 0 fully saturated rings. The molecule has 6 heteroatoms. The van der Waals surface area contributed by atoms with Crippen LogP contribution in [0.3, 0.4) is 0 Å². The van der Waals surface area contributed by atoms with Crippen molar-refractivity contribution >= 4 is 34.5 Å². The van der Waals surface area contributed by atoms with Gasteiger partial charge in [-0.05, 0) is 67.5 Å². The van der Waals surface area contributed by atoms with Gasteiger partial charge in [-0.1, -0.05) is 72.8 Å². The molecule has 40 heavy (non-hydrogen) atoms. The topological polar surface area (TPSA) is 64.7 Å². The van der Waals surface area contributed by atoms with E-state index in [1.54, 1.807) is 11.0 Å². The average molecular weight is 531 g/mol. The van der Waals surface area contributed by atoms with E-state index in [-0.39, 0.29) is 11.8 Å². The molecule has 0 atom stereocenters. The molecular formula is C34H34N4O2. The highest BCUT2D eigenvalue weighted by atomic mass is 16.2. The summed E-state index contributed by atoms with van der Waals surface area (Å²) < 4.78 is 0. The second-order valence-corrected chi connectivity index (χ2v) is 10.4. The molecule has 0 unspecified atom stereocenters. The molecule has 2 amide bonds. The fourth-order valence-electron chi connectivity index (χ4n) is 4.90. The van der Waals surface area contributed by atoms with E-state index in [0.29, 0.717) is 34.6 Å². The van der Waals surface area contributed by atoms with E-state index in [0.717, 1.165) is 24.2 Å². The number of hydrogen-bond acceptors (Lipinski definition) is 4. The van der Waals surface area contributed by atoms with E-state index in [1.165, 1.54) is 11.1 Å². The minimum Gasteiger partial charge on any atom is -0.354 e. The summed E-state index contributed by atoms with van der Waals surface area (Å²) in [7, 11) is 5.90. The van der Waals surface area contributed by atoms with Crippen LogP contribution in [0.25, 0.3) is 11.3 Å². The van der Waals surface area contributed by atoms with Crippen molar-refractivity contribution in [1.29, 1.82) is 0 Å². The van der Waals surface area contributed by atoms with Gasteiger partial charge in [-0.15, -0.1) is 0 Å². The van der Waals surface area contributed by atoms with Gasteiger partial charge in [0.05, 0.1) is 11.3 Å². The zero-order valence-electron chi connectivity index (χ0n) is 23.1. The number of amides is 2. The van der Waals surface area contributed by atoms with Crippen LogP contribution in [-0.2, 0) is 17.8 Å². The smallest absolute Gasteiger partial charge is 0.258 e. The predicted molar refractivity (Wildman–Crippen MR) is 163 cm³/mol. The van der Waals surface area contributed by atoms with Crippen molar-refractivity contribution in [2.75, 3.05) is 38.3 Å². The van der Waals surface area contributed by atoms with Crippen LogP contribution in [0, 0.1) is 0 Å². The van der Waals surface area contributed by atoms with Gasteiger partial charge in [0.2, 0.25) is 0 Å². The number of nitrogens with one attached hydrogen (secondary N) is 2. The second kappa shape index (κ2) is 12.0. The summed E-state index contributed by atoms with van der Waals surface area (Å²) in [4.78, 5) is 30.6. The Hall–Kier alpha value is -4.68. The summed E-state index contributed by atoms with van der Waals surface area (Å²) in [6.45, 7) is 1.44. The van der Waals surface area contributed by atoms with Gasteiger partial charge in [-0.2, -0.15) is 0 Å². The van der Waals surface area contributed by atoms with Crippen molar-refractivity contribution < 1.29 is 9.59 Å². The fraction of sp³-hybridized carbons (Fsp3) is 0.176. The van der Waals surface area contributed by atoms with Gasteiger partial charge >= 0.3 is 0 Å². The van der Waals surface area contributed by atoms with Gasteiger partial charge in [0.15, 0.2) is 0 Å². The van der Waals surface area contributed by atoms with Crippen LogP contribution in [0.4, 0.5) is 11.4 Å². The van der Waals surface area contributed by atoms with Gasteiger partial charge in [-0.25, -0.2) is 0 Å². The molecule has 0 saturated heterocycles. The van der Waals surface area contributed by atoms with Gasteiger partial charge in [0, 0.05) is 42.6 Å². The third-order valence-electron chi connectivity index (χ3n) is 6.97. The molecule has 1 heterocycles. The largest absolute Gasteiger partial charge is 0.354 e. The van der Waals surface area contributed by atoms with E-state index in [4.69, 9.17) is 0 Å². The molecule has 5 rings (SSSR count). The molecule has 202 valence electrons. The zero-order chi connectivity index (χ0) is 28.1. The number of fused-ring (bicyclic) bond motifs is 1. The van der Waals surface area contributed by atoms with Crippen LogP contribution in [0.1, 0.15) is 32.6 Å². The lowest BCUT2D eigenvalue weighted by molar-refractivity contribution is -0.110. The number of rotatable bonds is 9. The minimum absolute atomic E-state index is 0.0804. The molecule has 0 radical (unpaired) electrons. The predicted octanol–water partition coefficient (Wildman–Crippen LogP) is 6.00. The van der Waals surface area contributed by atoms with Crippen LogP contribution in [0.15, 0.2) is 103 Å². The van der Waals surface area contributed by atoms with Gasteiger partial charge in [0.1, 0.15) is 0 Å². The lowest BCUT2D eigenvalue weighted by Gasteiger charge is -2.18. The first-order valence-electron chi connectivity index (χ1n) is 13.4. The fourth-order valence-corrected chi connectivity index (χ4v) is 4.90. The van der Waals surface area contributed by atoms with E-state index < -0.39 is 0 Å². The Kier molecular flexibility index (Phi) is 8.08. The highest BCUT2D eigenvalue weighted by Gasteiger charge is 2.30. The Morgan fingerprint density at radius 1 is 0.775 bits per heavy atom. The van der Waals surface area contributed by atoms with Crippen LogP contribution in [-0.4, -0.2) is 49.3 Å². The highest BCUT2D eigenvalue weighted by molar-refractivity contribution is 6.37. The van der Waals surface area contributed by atoms with E-state index >= 15 is 0 Å². The van der Waals surface area contributed by atoms with Gasteiger partial charge < -0.3 is 20.4 Å². The molecule has 0 aliphatic carbocycles. The molecule has 0 bridgehead atoms. The second-order valence-electron chi connectivity index (χ2n) is 10.4.